The molecule has 3 heteroatoms. The first-order valence-electron chi connectivity index (χ1n) is 10.6. The first-order chi connectivity index (χ1) is 11.7. The van der Waals surface area contributed by atoms with Crippen LogP contribution in [0.1, 0.15) is 117 Å². The van der Waals surface area contributed by atoms with Crippen LogP contribution in [0.15, 0.2) is 0 Å². The van der Waals surface area contributed by atoms with E-state index in [1.807, 2.05) is 6.92 Å². The molecule has 1 saturated heterocycles. The van der Waals surface area contributed by atoms with Gasteiger partial charge < -0.3 is 10.1 Å². The zero-order valence-electron chi connectivity index (χ0n) is 16.3. The lowest BCUT2D eigenvalue weighted by Gasteiger charge is -2.08. The van der Waals surface area contributed by atoms with Crippen LogP contribution in [0.4, 0.5) is 0 Å². The van der Waals surface area contributed by atoms with Gasteiger partial charge >= 0.3 is 0 Å². The molecule has 1 heterocycles. The second kappa shape index (κ2) is 13.7. The molecule has 1 atom stereocenters. The fourth-order valence-corrected chi connectivity index (χ4v) is 3.19. The molecule has 1 N–H and O–H groups in total. The molecule has 3 nitrogen and oxygen atoms in total. The molecular weight excluding hydrogens is 298 g/mol. The van der Waals surface area contributed by atoms with Crippen molar-refractivity contribution in [3.05, 3.63) is 0 Å². The molecule has 0 aliphatic carbocycles. The van der Waals surface area contributed by atoms with Crippen LogP contribution in [-0.4, -0.2) is 18.2 Å². The van der Waals surface area contributed by atoms with Crippen molar-refractivity contribution in [2.75, 3.05) is 6.61 Å². The Morgan fingerprint density at radius 3 is 1.54 bits per heavy atom. The quantitative estimate of drug-likeness (QED) is 0.256. The van der Waals surface area contributed by atoms with Gasteiger partial charge in [0.1, 0.15) is 0 Å². The number of ether oxygens (including phenoxy) is 1. The van der Waals surface area contributed by atoms with Gasteiger partial charge in [-0.25, -0.2) is 0 Å². The molecule has 24 heavy (non-hydrogen) atoms. The summed E-state index contributed by atoms with van der Waals surface area (Å²) >= 11 is 0. The highest BCUT2D eigenvalue weighted by molar-refractivity contribution is 5.76. The molecule has 0 radical (unpaired) electrons. The first kappa shape index (κ1) is 21.5. The summed E-state index contributed by atoms with van der Waals surface area (Å²) in [6.07, 6.45) is 21.0. The lowest BCUT2D eigenvalue weighted by molar-refractivity contribution is -0.122. The zero-order chi connectivity index (χ0) is 17.5. The Hall–Kier alpha value is -0.570. The molecular formula is C21H41NO2. The molecule has 1 aliphatic heterocycles. The normalized spacial score (nSPS) is 19.4. The Morgan fingerprint density at radius 1 is 0.792 bits per heavy atom. The highest BCUT2D eigenvalue weighted by atomic mass is 16.6. The highest BCUT2D eigenvalue weighted by Crippen LogP contribution is 2.22. The Balaban J connectivity index is 1.69. The molecule has 1 rings (SSSR count). The van der Waals surface area contributed by atoms with Gasteiger partial charge in [0.15, 0.2) is 5.72 Å². The monoisotopic (exact) mass is 339 g/mol. The SMILES string of the molecule is CCCCCCCCCCCCCCCCCC(=O)NC1(C)CO1. The largest absolute Gasteiger partial charge is 0.349 e. The average molecular weight is 340 g/mol. The molecule has 0 aromatic rings. The molecule has 1 fully saturated rings. The van der Waals surface area contributed by atoms with E-state index in [1.165, 1.54) is 89.9 Å². The maximum atomic E-state index is 11.6. The summed E-state index contributed by atoms with van der Waals surface area (Å²) in [5.41, 5.74) is -0.341. The summed E-state index contributed by atoms with van der Waals surface area (Å²) in [7, 11) is 0. The number of carbonyl (C=O) groups is 1. The van der Waals surface area contributed by atoms with E-state index in [4.69, 9.17) is 4.74 Å². The fourth-order valence-electron chi connectivity index (χ4n) is 3.19. The van der Waals surface area contributed by atoms with Gasteiger partial charge in [0.05, 0.1) is 6.61 Å². The van der Waals surface area contributed by atoms with Crippen LogP contribution in [0.5, 0.6) is 0 Å². The molecule has 0 bridgehead atoms. The van der Waals surface area contributed by atoms with E-state index >= 15 is 0 Å². The topological polar surface area (TPSA) is 41.6 Å². The number of hydrogen-bond acceptors (Lipinski definition) is 2. The molecule has 1 aliphatic rings. The predicted octanol–water partition coefficient (Wildman–Crippen LogP) is 6.11. The molecule has 1 unspecified atom stereocenters. The van der Waals surface area contributed by atoms with Crippen molar-refractivity contribution in [3.8, 4) is 0 Å². The van der Waals surface area contributed by atoms with Crippen LogP contribution in [0.2, 0.25) is 0 Å². The smallest absolute Gasteiger partial charge is 0.222 e. The second-order valence-corrected chi connectivity index (χ2v) is 7.77. The molecule has 0 aromatic heterocycles. The number of amides is 1. The Morgan fingerprint density at radius 2 is 1.17 bits per heavy atom. The van der Waals surface area contributed by atoms with Crippen molar-refractivity contribution < 1.29 is 9.53 Å². The summed E-state index contributed by atoms with van der Waals surface area (Å²) in [5, 5.41) is 2.92. The van der Waals surface area contributed by atoms with Crippen LogP contribution in [0.25, 0.3) is 0 Å². The molecule has 0 aromatic carbocycles. The van der Waals surface area contributed by atoms with E-state index in [1.54, 1.807) is 0 Å². The highest BCUT2D eigenvalue weighted by Gasteiger charge is 2.40. The maximum absolute atomic E-state index is 11.6. The van der Waals surface area contributed by atoms with Crippen molar-refractivity contribution >= 4 is 5.91 Å². The van der Waals surface area contributed by atoms with Crippen molar-refractivity contribution in [2.45, 2.75) is 122 Å². The van der Waals surface area contributed by atoms with Gasteiger partial charge in [-0.2, -0.15) is 0 Å². The number of epoxide rings is 1. The van der Waals surface area contributed by atoms with Gasteiger partial charge in [-0.05, 0) is 13.3 Å². The van der Waals surface area contributed by atoms with Gasteiger partial charge in [0.25, 0.3) is 0 Å². The average Bonchev–Trinajstić information content (AvgIpc) is 3.28. The summed E-state index contributed by atoms with van der Waals surface area (Å²) < 4.78 is 5.16. The van der Waals surface area contributed by atoms with Crippen LogP contribution in [-0.2, 0) is 9.53 Å². The molecule has 0 spiro atoms. The van der Waals surface area contributed by atoms with Gasteiger partial charge in [-0.15, -0.1) is 0 Å². The summed E-state index contributed by atoms with van der Waals surface area (Å²) in [6, 6.07) is 0. The predicted molar refractivity (Wildman–Crippen MR) is 102 cm³/mol. The minimum atomic E-state index is -0.341. The fraction of sp³-hybridized carbons (Fsp3) is 0.952. The van der Waals surface area contributed by atoms with E-state index < -0.39 is 0 Å². The van der Waals surface area contributed by atoms with Crippen LogP contribution < -0.4 is 5.32 Å². The maximum Gasteiger partial charge on any atom is 0.222 e. The lowest BCUT2D eigenvalue weighted by atomic mass is 10.0. The Bertz CT molecular complexity index is 313. The van der Waals surface area contributed by atoms with E-state index in [0.29, 0.717) is 13.0 Å². The standard InChI is InChI=1S/C21H41NO2/c1-3-4-5-6-7-8-9-10-11-12-13-14-15-16-17-18-20(23)22-21(2)19-24-21/h3-19H2,1-2H3,(H,22,23). The van der Waals surface area contributed by atoms with Gasteiger partial charge in [0.2, 0.25) is 5.91 Å². The van der Waals surface area contributed by atoms with E-state index in [-0.39, 0.29) is 11.6 Å². The number of rotatable bonds is 17. The number of nitrogens with one attached hydrogen (secondary N) is 1. The van der Waals surface area contributed by atoms with Gasteiger partial charge in [0, 0.05) is 6.42 Å². The minimum absolute atomic E-state index is 0.143. The third kappa shape index (κ3) is 12.8. The van der Waals surface area contributed by atoms with E-state index in [9.17, 15) is 4.79 Å². The van der Waals surface area contributed by atoms with Gasteiger partial charge in [-0.3, -0.25) is 4.79 Å². The van der Waals surface area contributed by atoms with Crippen molar-refractivity contribution in [2.24, 2.45) is 0 Å². The first-order valence-corrected chi connectivity index (χ1v) is 10.6. The van der Waals surface area contributed by atoms with Crippen LogP contribution in [0.3, 0.4) is 0 Å². The lowest BCUT2D eigenvalue weighted by Crippen LogP contribution is -2.35. The van der Waals surface area contributed by atoms with E-state index in [0.717, 1.165) is 6.42 Å². The Kier molecular flexibility index (Phi) is 12.2. The third-order valence-corrected chi connectivity index (χ3v) is 4.99. The molecule has 1 amide bonds. The molecule has 0 saturated carbocycles. The number of unbranched alkanes of at least 4 members (excludes halogenated alkanes) is 14. The second-order valence-electron chi connectivity index (χ2n) is 7.77. The van der Waals surface area contributed by atoms with Crippen molar-refractivity contribution in [1.29, 1.82) is 0 Å². The molecule has 142 valence electrons. The van der Waals surface area contributed by atoms with Crippen LogP contribution >= 0.6 is 0 Å². The Labute approximate surface area is 150 Å². The summed E-state index contributed by atoms with van der Waals surface area (Å²) in [4.78, 5) is 11.6. The minimum Gasteiger partial charge on any atom is -0.349 e. The van der Waals surface area contributed by atoms with Crippen LogP contribution in [0, 0.1) is 0 Å². The zero-order valence-corrected chi connectivity index (χ0v) is 16.3. The number of carbonyl (C=O) groups excluding carboxylic acids is 1. The van der Waals surface area contributed by atoms with Crippen molar-refractivity contribution in [1.82, 2.24) is 5.32 Å². The van der Waals surface area contributed by atoms with Gasteiger partial charge in [-0.1, -0.05) is 96.8 Å². The summed E-state index contributed by atoms with van der Waals surface area (Å²) in [5.74, 6) is 0.143. The summed E-state index contributed by atoms with van der Waals surface area (Å²) in [6.45, 7) is 4.87. The third-order valence-electron chi connectivity index (χ3n) is 4.99. The number of hydrogen-bond donors (Lipinski definition) is 1. The van der Waals surface area contributed by atoms with Crippen molar-refractivity contribution in [3.63, 3.8) is 0 Å². The van der Waals surface area contributed by atoms with E-state index in [2.05, 4.69) is 12.2 Å².